The Hall–Kier alpha value is -2.94. The molecule has 9 nitrogen and oxygen atoms in total. The summed E-state index contributed by atoms with van der Waals surface area (Å²) in [5, 5.41) is 17.4. The number of halogens is 6. The van der Waals surface area contributed by atoms with E-state index in [1.165, 1.54) is 19.3 Å². The molecular weight excluding hydrogens is 528 g/mol. The SMILES string of the molecule is O=C(NCc1cccnc1)[C@@H]1CN(CC2CCC2)C[C@H]2OCC[C@H]21.O=C(O)C(F)(F)F.O=C(O)C(F)(F)F. The Bertz CT molecular complexity index is 902. The molecule has 1 aromatic heterocycles. The Kier molecular flexibility index (Phi) is 11.3. The van der Waals surface area contributed by atoms with Crippen molar-refractivity contribution < 1.29 is 55.7 Å². The van der Waals surface area contributed by atoms with Crippen molar-refractivity contribution in [1.82, 2.24) is 15.2 Å². The van der Waals surface area contributed by atoms with Crippen molar-refractivity contribution in [2.24, 2.45) is 17.8 Å². The number of fused-ring (bicyclic) bond motifs is 1. The number of alkyl halides is 6. The number of likely N-dealkylation sites (tertiary alicyclic amines) is 1. The second-order valence-electron chi connectivity index (χ2n) is 9.17. The Morgan fingerprint density at radius 2 is 1.63 bits per heavy atom. The topological polar surface area (TPSA) is 129 Å². The summed E-state index contributed by atoms with van der Waals surface area (Å²) in [7, 11) is 0. The number of carboxylic acids is 2. The van der Waals surface area contributed by atoms with Crippen molar-refractivity contribution in [2.45, 2.75) is 50.7 Å². The third-order valence-electron chi connectivity index (χ3n) is 6.42. The van der Waals surface area contributed by atoms with Crippen molar-refractivity contribution in [1.29, 1.82) is 0 Å². The molecule has 2 saturated heterocycles. The van der Waals surface area contributed by atoms with E-state index in [9.17, 15) is 31.1 Å². The van der Waals surface area contributed by atoms with Crippen LogP contribution in [0.3, 0.4) is 0 Å². The number of pyridine rings is 1. The van der Waals surface area contributed by atoms with Crippen LogP contribution in [0, 0.1) is 17.8 Å². The van der Waals surface area contributed by atoms with Gasteiger partial charge in [0.1, 0.15) is 0 Å². The highest BCUT2D eigenvalue weighted by atomic mass is 19.4. The van der Waals surface area contributed by atoms with E-state index in [2.05, 4.69) is 15.2 Å². The lowest BCUT2D eigenvalue weighted by Gasteiger charge is -2.42. The normalized spacial score (nSPS) is 23.5. The minimum Gasteiger partial charge on any atom is -0.475 e. The van der Waals surface area contributed by atoms with E-state index in [0.29, 0.717) is 12.5 Å². The molecule has 2 aliphatic heterocycles. The predicted molar refractivity (Wildman–Crippen MR) is 119 cm³/mol. The molecule has 0 bridgehead atoms. The molecule has 1 aromatic rings. The zero-order chi connectivity index (χ0) is 28.5. The first-order chi connectivity index (χ1) is 17.7. The number of carboxylic acid groups (broad SMARTS) is 2. The van der Waals surface area contributed by atoms with Crippen LogP contribution in [-0.2, 0) is 25.7 Å². The minimum atomic E-state index is -5.08. The maximum atomic E-state index is 12.8. The Morgan fingerprint density at radius 3 is 2.11 bits per heavy atom. The number of carbonyl (C=O) groups is 3. The number of amides is 1. The molecule has 0 radical (unpaired) electrons. The van der Waals surface area contributed by atoms with Crippen LogP contribution >= 0.6 is 0 Å². The molecule has 1 aliphatic carbocycles. The zero-order valence-electron chi connectivity index (χ0n) is 20.2. The highest BCUT2D eigenvalue weighted by molar-refractivity contribution is 5.79. The summed E-state index contributed by atoms with van der Waals surface area (Å²) in [6.45, 7) is 4.40. The molecule has 0 unspecified atom stereocenters. The summed E-state index contributed by atoms with van der Waals surface area (Å²) < 4.78 is 69.4. The molecule has 3 N–H and O–H groups in total. The summed E-state index contributed by atoms with van der Waals surface area (Å²) in [6, 6.07) is 3.90. The summed E-state index contributed by atoms with van der Waals surface area (Å²) in [4.78, 5) is 37.2. The molecule has 3 fully saturated rings. The van der Waals surface area contributed by atoms with Gasteiger partial charge in [-0.05, 0) is 36.8 Å². The van der Waals surface area contributed by atoms with Crippen LogP contribution in [0.5, 0.6) is 0 Å². The van der Waals surface area contributed by atoms with E-state index in [-0.39, 0.29) is 17.9 Å². The summed E-state index contributed by atoms with van der Waals surface area (Å²) in [5.74, 6) is -4.06. The van der Waals surface area contributed by atoms with Crippen molar-refractivity contribution in [3.8, 4) is 0 Å². The number of nitrogens with zero attached hydrogens (tertiary/aromatic N) is 2. The van der Waals surface area contributed by atoms with Gasteiger partial charge in [0, 0.05) is 51.1 Å². The lowest BCUT2D eigenvalue weighted by Crippen LogP contribution is -2.53. The number of hydrogen-bond donors (Lipinski definition) is 3. The van der Waals surface area contributed by atoms with Gasteiger partial charge in [0.2, 0.25) is 5.91 Å². The third-order valence-corrected chi connectivity index (χ3v) is 6.42. The molecule has 1 amide bonds. The number of nitrogens with one attached hydrogen (secondary N) is 1. The summed E-state index contributed by atoms with van der Waals surface area (Å²) in [6.07, 6.45) is -1.26. The van der Waals surface area contributed by atoms with E-state index in [1.807, 2.05) is 18.3 Å². The van der Waals surface area contributed by atoms with Crippen LogP contribution in [0.15, 0.2) is 24.5 Å². The predicted octanol–water partition coefficient (Wildman–Crippen LogP) is 3.10. The van der Waals surface area contributed by atoms with Gasteiger partial charge in [-0.1, -0.05) is 12.5 Å². The van der Waals surface area contributed by atoms with Crippen molar-refractivity contribution in [3.05, 3.63) is 30.1 Å². The fourth-order valence-electron chi connectivity index (χ4n) is 4.35. The summed E-state index contributed by atoms with van der Waals surface area (Å²) >= 11 is 0. The first-order valence-corrected chi connectivity index (χ1v) is 11.8. The van der Waals surface area contributed by atoms with Crippen LogP contribution in [-0.4, -0.2) is 82.6 Å². The van der Waals surface area contributed by atoms with Crippen molar-refractivity contribution in [3.63, 3.8) is 0 Å². The second-order valence-corrected chi connectivity index (χ2v) is 9.17. The van der Waals surface area contributed by atoms with Gasteiger partial charge in [-0.15, -0.1) is 0 Å². The molecule has 15 heteroatoms. The van der Waals surface area contributed by atoms with Crippen LogP contribution in [0.1, 0.15) is 31.2 Å². The number of aromatic nitrogens is 1. The van der Waals surface area contributed by atoms with Crippen LogP contribution in [0.25, 0.3) is 0 Å². The maximum absolute atomic E-state index is 12.8. The Balaban J connectivity index is 0.000000301. The van der Waals surface area contributed by atoms with E-state index in [0.717, 1.165) is 44.1 Å². The second kappa shape index (κ2) is 13.7. The molecule has 3 heterocycles. The maximum Gasteiger partial charge on any atom is 0.490 e. The van der Waals surface area contributed by atoms with Gasteiger partial charge in [-0.25, -0.2) is 9.59 Å². The lowest BCUT2D eigenvalue weighted by atomic mass is 9.80. The Morgan fingerprint density at radius 1 is 1.03 bits per heavy atom. The van der Waals surface area contributed by atoms with E-state index in [4.69, 9.17) is 24.5 Å². The molecule has 3 atom stereocenters. The Labute approximate surface area is 214 Å². The van der Waals surface area contributed by atoms with Crippen LogP contribution in [0.4, 0.5) is 26.3 Å². The highest BCUT2D eigenvalue weighted by Gasteiger charge is 2.44. The third kappa shape index (κ3) is 10.1. The standard InChI is InChI=1S/C19H27N3O2.2C2HF3O2/c23-19(21-10-15-5-2-7-20-9-15)17-12-22(11-14-3-1-4-14)13-18-16(17)6-8-24-18;2*3-2(4,5)1(6)7/h2,5,7,9,14,16-18H,1,3-4,6,8,10-13H2,(H,21,23);2*(H,6,7)/t16-,17+,18+;;/m0../s1. The zero-order valence-corrected chi connectivity index (χ0v) is 20.2. The first kappa shape index (κ1) is 31.3. The number of ether oxygens (including phenoxy) is 1. The van der Waals surface area contributed by atoms with Crippen molar-refractivity contribution >= 4 is 17.8 Å². The fourth-order valence-corrected chi connectivity index (χ4v) is 4.35. The highest BCUT2D eigenvalue weighted by Crippen LogP contribution is 2.36. The average Bonchev–Trinajstić information content (AvgIpc) is 3.28. The molecule has 3 aliphatic rings. The lowest BCUT2D eigenvalue weighted by molar-refractivity contribution is -0.193. The van der Waals surface area contributed by atoms with Gasteiger partial charge >= 0.3 is 24.3 Å². The molecule has 0 spiro atoms. The number of aliphatic carboxylic acids is 2. The number of hydrogen-bond acceptors (Lipinski definition) is 6. The van der Waals surface area contributed by atoms with Crippen LogP contribution < -0.4 is 5.32 Å². The molecule has 4 rings (SSSR count). The van der Waals surface area contributed by atoms with E-state index < -0.39 is 24.3 Å². The molecule has 214 valence electrons. The largest absolute Gasteiger partial charge is 0.490 e. The number of piperidine rings is 1. The van der Waals surface area contributed by atoms with Gasteiger partial charge < -0.3 is 20.3 Å². The smallest absolute Gasteiger partial charge is 0.475 e. The molecular formula is C23H29F6N3O6. The molecule has 0 aromatic carbocycles. The number of rotatable bonds is 5. The van der Waals surface area contributed by atoms with Gasteiger partial charge in [-0.2, -0.15) is 26.3 Å². The number of carbonyl (C=O) groups excluding carboxylic acids is 1. The quantitative estimate of drug-likeness (QED) is 0.472. The average molecular weight is 557 g/mol. The first-order valence-electron chi connectivity index (χ1n) is 11.8. The van der Waals surface area contributed by atoms with Gasteiger partial charge in [0.05, 0.1) is 12.0 Å². The van der Waals surface area contributed by atoms with E-state index in [1.54, 1.807) is 6.20 Å². The van der Waals surface area contributed by atoms with E-state index >= 15 is 0 Å². The molecule has 38 heavy (non-hydrogen) atoms. The monoisotopic (exact) mass is 557 g/mol. The van der Waals surface area contributed by atoms with Gasteiger partial charge in [-0.3, -0.25) is 14.7 Å². The summed E-state index contributed by atoms with van der Waals surface area (Å²) in [5.41, 5.74) is 1.05. The molecule has 1 saturated carbocycles. The van der Waals surface area contributed by atoms with Gasteiger partial charge in [0.15, 0.2) is 0 Å². The minimum absolute atomic E-state index is 0.0583. The fraction of sp³-hybridized carbons (Fsp3) is 0.652. The van der Waals surface area contributed by atoms with Crippen LogP contribution in [0.2, 0.25) is 0 Å². The van der Waals surface area contributed by atoms with Gasteiger partial charge in [0.25, 0.3) is 0 Å². The van der Waals surface area contributed by atoms with Crippen molar-refractivity contribution in [2.75, 3.05) is 26.2 Å².